The van der Waals surface area contributed by atoms with Gasteiger partial charge in [-0.15, -0.1) is 0 Å². The van der Waals surface area contributed by atoms with E-state index in [1.807, 2.05) is 30.5 Å². The molecule has 1 N–H and O–H groups in total. The minimum Gasteiger partial charge on any atom is -0.496 e. The van der Waals surface area contributed by atoms with Crippen LogP contribution in [0.15, 0.2) is 36.7 Å². The molecule has 1 saturated carbocycles. The number of aliphatic hydroxyl groups is 1. The second-order valence-corrected chi connectivity index (χ2v) is 8.13. The molecule has 2 heterocycles. The van der Waals surface area contributed by atoms with Crippen LogP contribution in [0.1, 0.15) is 62.1 Å². The SMILES string of the molecule is COc1ccccc1C1(O)CCN(Cc2cnn(C3CCCCC3)c2)CC1. The summed E-state index contributed by atoms with van der Waals surface area (Å²) in [4.78, 5) is 2.42. The third kappa shape index (κ3) is 4.04. The lowest BCUT2D eigenvalue weighted by Crippen LogP contribution is -2.42. The van der Waals surface area contributed by atoms with Gasteiger partial charge in [0, 0.05) is 37.0 Å². The van der Waals surface area contributed by atoms with Crippen LogP contribution < -0.4 is 4.74 Å². The number of methoxy groups -OCH3 is 1. The van der Waals surface area contributed by atoms with Gasteiger partial charge in [-0.1, -0.05) is 37.5 Å². The van der Waals surface area contributed by atoms with Crippen molar-refractivity contribution in [3.05, 3.63) is 47.8 Å². The van der Waals surface area contributed by atoms with E-state index in [4.69, 9.17) is 4.74 Å². The van der Waals surface area contributed by atoms with Gasteiger partial charge in [0.25, 0.3) is 0 Å². The summed E-state index contributed by atoms with van der Waals surface area (Å²) in [5.74, 6) is 0.780. The highest BCUT2D eigenvalue weighted by Crippen LogP contribution is 2.38. The van der Waals surface area contributed by atoms with Gasteiger partial charge in [-0.05, 0) is 31.7 Å². The van der Waals surface area contributed by atoms with Crippen molar-refractivity contribution in [3.63, 3.8) is 0 Å². The average Bonchev–Trinajstić information content (AvgIpc) is 3.19. The van der Waals surface area contributed by atoms with Crippen molar-refractivity contribution >= 4 is 0 Å². The highest BCUT2D eigenvalue weighted by Gasteiger charge is 2.36. The highest BCUT2D eigenvalue weighted by atomic mass is 16.5. The van der Waals surface area contributed by atoms with E-state index >= 15 is 0 Å². The second kappa shape index (κ2) is 8.03. The van der Waals surface area contributed by atoms with Crippen molar-refractivity contribution in [3.8, 4) is 5.75 Å². The van der Waals surface area contributed by atoms with Crippen LogP contribution in [0, 0.1) is 0 Å². The number of piperidine rings is 1. The number of para-hydroxylation sites is 1. The molecule has 0 radical (unpaired) electrons. The van der Waals surface area contributed by atoms with Gasteiger partial charge in [-0.25, -0.2) is 0 Å². The number of aromatic nitrogens is 2. The number of benzene rings is 1. The number of hydrogen-bond donors (Lipinski definition) is 1. The quantitative estimate of drug-likeness (QED) is 0.869. The Kier molecular flexibility index (Phi) is 5.50. The monoisotopic (exact) mass is 369 g/mol. The van der Waals surface area contributed by atoms with Gasteiger partial charge in [0.2, 0.25) is 0 Å². The lowest BCUT2D eigenvalue weighted by Gasteiger charge is -2.39. The first-order chi connectivity index (χ1) is 13.2. The molecule has 0 amide bonds. The molecule has 146 valence electrons. The van der Waals surface area contributed by atoms with Gasteiger partial charge in [0.15, 0.2) is 0 Å². The topological polar surface area (TPSA) is 50.5 Å². The van der Waals surface area contributed by atoms with E-state index in [0.717, 1.165) is 43.8 Å². The van der Waals surface area contributed by atoms with Crippen molar-refractivity contribution in [2.45, 2.75) is 63.1 Å². The fourth-order valence-corrected chi connectivity index (χ4v) is 4.64. The fourth-order valence-electron chi connectivity index (χ4n) is 4.64. The van der Waals surface area contributed by atoms with E-state index in [9.17, 15) is 5.11 Å². The molecule has 27 heavy (non-hydrogen) atoms. The molecule has 4 rings (SSSR count). The Hall–Kier alpha value is -1.85. The number of hydrogen-bond acceptors (Lipinski definition) is 4. The Labute approximate surface area is 161 Å². The van der Waals surface area contributed by atoms with Gasteiger partial charge in [0.05, 0.1) is 24.9 Å². The van der Waals surface area contributed by atoms with Crippen LogP contribution in [0.2, 0.25) is 0 Å². The molecule has 2 fully saturated rings. The van der Waals surface area contributed by atoms with Crippen molar-refractivity contribution in [1.82, 2.24) is 14.7 Å². The molecule has 1 aliphatic carbocycles. The zero-order valence-electron chi connectivity index (χ0n) is 16.3. The Balaban J connectivity index is 1.36. The van der Waals surface area contributed by atoms with Gasteiger partial charge in [-0.3, -0.25) is 9.58 Å². The first kappa shape index (κ1) is 18.5. The number of ether oxygens (including phenoxy) is 1. The lowest BCUT2D eigenvalue weighted by atomic mass is 9.84. The maximum atomic E-state index is 11.2. The largest absolute Gasteiger partial charge is 0.496 e. The van der Waals surface area contributed by atoms with Crippen LogP contribution in [0.5, 0.6) is 5.75 Å². The van der Waals surface area contributed by atoms with Crippen LogP contribution >= 0.6 is 0 Å². The molecule has 5 nitrogen and oxygen atoms in total. The van der Waals surface area contributed by atoms with E-state index in [1.165, 1.54) is 37.7 Å². The Bertz CT molecular complexity index is 744. The van der Waals surface area contributed by atoms with E-state index in [1.54, 1.807) is 7.11 Å². The summed E-state index contributed by atoms with van der Waals surface area (Å²) in [6, 6.07) is 8.43. The highest BCUT2D eigenvalue weighted by molar-refractivity contribution is 5.38. The molecule has 0 bridgehead atoms. The Morgan fingerprint density at radius 2 is 1.89 bits per heavy atom. The van der Waals surface area contributed by atoms with Crippen molar-refractivity contribution in [2.75, 3.05) is 20.2 Å². The van der Waals surface area contributed by atoms with Crippen molar-refractivity contribution in [2.24, 2.45) is 0 Å². The first-order valence-corrected chi connectivity index (χ1v) is 10.3. The molecule has 1 saturated heterocycles. The minimum atomic E-state index is -0.796. The van der Waals surface area contributed by atoms with Gasteiger partial charge in [0.1, 0.15) is 5.75 Å². The summed E-state index contributed by atoms with van der Waals surface area (Å²) in [5, 5.41) is 15.8. The van der Waals surface area contributed by atoms with Gasteiger partial charge >= 0.3 is 0 Å². The molecular formula is C22H31N3O2. The molecule has 0 spiro atoms. The normalized spacial score (nSPS) is 21.3. The van der Waals surface area contributed by atoms with Gasteiger partial charge in [-0.2, -0.15) is 5.10 Å². The smallest absolute Gasteiger partial charge is 0.124 e. The molecule has 2 aromatic rings. The fraction of sp³-hybridized carbons (Fsp3) is 0.591. The third-order valence-corrected chi connectivity index (χ3v) is 6.30. The van der Waals surface area contributed by atoms with Crippen LogP contribution in [-0.2, 0) is 12.1 Å². The number of nitrogens with zero attached hydrogens (tertiary/aromatic N) is 3. The molecule has 1 aliphatic heterocycles. The Morgan fingerprint density at radius 3 is 2.63 bits per heavy atom. The van der Waals surface area contributed by atoms with Gasteiger partial charge < -0.3 is 9.84 Å². The summed E-state index contributed by atoms with van der Waals surface area (Å²) >= 11 is 0. The van der Waals surface area contributed by atoms with E-state index < -0.39 is 5.60 Å². The van der Waals surface area contributed by atoms with Crippen molar-refractivity contribution in [1.29, 1.82) is 0 Å². The Morgan fingerprint density at radius 1 is 1.15 bits per heavy atom. The summed E-state index contributed by atoms with van der Waals surface area (Å²) < 4.78 is 7.65. The zero-order valence-corrected chi connectivity index (χ0v) is 16.3. The number of likely N-dealkylation sites (tertiary alicyclic amines) is 1. The number of rotatable bonds is 5. The predicted molar refractivity (Wildman–Crippen MR) is 106 cm³/mol. The summed E-state index contributed by atoms with van der Waals surface area (Å²) in [5.41, 5.74) is 1.40. The van der Waals surface area contributed by atoms with Crippen LogP contribution in [-0.4, -0.2) is 40.0 Å². The van der Waals surface area contributed by atoms with E-state index in [2.05, 4.69) is 20.9 Å². The minimum absolute atomic E-state index is 0.587. The molecule has 0 unspecified atom stereocenters. The molecule has 1 aromatic carbocycles. The van der Waals surface area contributed by atoms with Crippen LogP contribution in [0.3, 0.4) is 0 Å². The molecule has 1 aromatic heterocycles. The van der Waals surface area contributed by atoms with E-state index in [0.29, 0.717) is 6.04 Å². The van der Waals surface area contributed by atoms with Crippen molar-refractivity contribution < 1.29 is 9.84 Å². The predicted octanol–water partition coefficient (Wildman–Crippen LogP) is 3.88. The summed E-state index contributed by atoms with van der Waals surface area (Å²) in [6.45, 7) is 2.67. The van der Waals surface area contributed by atoms with E-state index in [-0.39, 0.29) is 0 Å². The van der Waals surface area contributed by atoms with Crippen LogP contribution in [0.25, 0.3) is 0 Å². The molecule has 0 atom stereocenters. The standard InChI is InChI=1S/C22H31N3O2/c1-27-21-10-6-5-9-20(21)22(26)11-13-24(14-12-22)16-18-15-23-25(17-18)19-7-3-2-4-8-19/h5-6,9-10,15,17,19,26H,2-4,7-8,11-14,16H2,1H3. The molecule has 5 heteroatoms. The first-order valence-electron chi connectivity index (χ1n) is 10.3. The summed E-state index contributed by atoms with van der Waals surface area (Å²) in [6.07, 6.45) is 12.3. The lowest BCUT2D eigenvalue weighted by molar-refractivity contribution is -0.0292. The molecule has 2 aliphatic rings. The summed E-state index contributed by atoms with van der Waals surface area (Å²) in [7, 11) is 1.67. The maximum Gasteiger partial charge on any atom is 0.124 e. The second-order valence-electron chi connectivity index (χ2n) is 8.13. The average molecular weight is 370 g/mol. The molecular weight excluding hydrogens is 338 g/mol. The third-order valence-electron chi connectivity index (χ3n) is 6.30. The maximum absolute atomic E-state index is 11.2. The van der Waals surface area contributed by atoms with Crippen LogP contribution in [0.4, 0.5) is 0 Å². The zero-order chi connectivity index (χ0) is 18.7.